The van der Waals surface area contributed by atoms with Gasteiger partial charge in [0.25, 0.3) is 0 Å². The van der Waals surface area contributed by atoms with Crippen molar-refractivity contribution in [2.45, 2.75) is 12.8 Å². The number of likely N-dealkylation sites (N-methyl/N-ethyl adjacent to an activating group) is 1. The predicted molar refractivity (Wildman–Crippen MR) is 83.5 cm³/mol. The van der Waals surface area contributed by atoms with Crippen molar-refractivity contribution in [1.82, 2.24) is 10.2 Å². The van der Waals surface area contributed by atoms with Crippen molar-refractivity contribution in [3.05, 3.63) is 29.3 Å². The van der Waals surface area contributed by atoms with Gasteiger partial charge in [0.15, 0.2) is 0 Å². The number of benzene rings is 1. The molecule has 0 aromatic heterocycles. The van der Waals surface area contributed by atoms with Crippen LogP contribution in [0.25, 0.3) is 0 Å². The van der Waals surface area contributed by atoms with Gasteiger partial charge in [0.1, 0.15) is 0 Å². The molecule has 3 amide bonds. The zero-order valence-corrected chi connectivity index (χ0v) is 13.0. The van der Waals surface area contributed by atoms with E-state index in [1.165, 1.54) is 11.9 Å². The van der Waals surface area contributed by atoms with Gasteiger partial charge in [0.05, 0.1) is 13.1 Å². The molecule has 0 radical (unpaired) electrons. The quantitative estimate of drug-likeness (QED) is 0.827. The molecule has 7 heteroatoms. The number of hydrogen-bond acceptors (Lipinski definition) is 3. The summed E-state index contributed by atoms with van der Waals surface area (Å²) in [5.74, 6) is -0.670. The number of amides is 3. The van der Waals surface area contributed by atoms with Crippen LogP contribution in [0.5, 0.6) is 0 Å². The molecule has 0 bridgehead atoms. The van der Waals surface area contributed by atoms with Crippen LogP contribution in [-0.2, 0) is 14.4 Å². The molecule has 118 valence electrons. The SMILES string of the molecule is CN(CC(=O)Nc1cccc(Cl)c1)C(=O)CNC(=O)C1CC1. The van der Waals surface area contributed by atoms with Crippen molar-refractivity contribution in [2.75, 3.05) is 25.5 Å². The third-order valence-corrected chi connectivity index (χ3v) is 3.51. The van der Waals surface area contributed by atoms with E-state index < -0.39 is 0 Å². The van der Waals surface area contributed by atoms with Gasteiger partial charge in [-0.15, -0.1) is 0 Å². The van der Waals surface area contributed by atoms with Crippen LogP contribution in [0.15, 0.2) is 24.3 Å². The summed E-state index contributed by atoms with van der Waals surface area (Å²) < 4.78 is 0. The largest absolute Gasteiger partial charge is 0.347 e. The molecule has 0 saturated heterocycles. The standard InChI is InChI=1S/C15H18ClN3O3/c1-19(14(21)8-17-15(22)10-5-6-10)9-13(20)18-12-4-2-3-11(16)7-12/h2-4,7,10H,5-6,8-9H2,1H3,(H,17,22)(H,18,20). The average molecular weight is 324 g/mol. The van der Waals surface area contributed by atoms with Gasteiger partial charge in [-0.2, -0.15) is 0 Å². The third kappa shape index (κ3) is 5.04. The summed E-state index contributed by atoms with van der Waals surface area (Å²) in [5.41, 5.74) is 0.570. The molecule has 1 saturated carbocycles. The second-order valence-corrected chi connectivity index (χ2v) is 5.74. The van der Waals surface area contributed by atoms with E-state index in [9.17, 15) is 14.4 Å². The van der Waals surface area contributed by atoms with Crippen molar-refractivity contribution < 1.29 is 14.4 Å². The first kappa shape index (κ1) is 16.3. The number of carbonyl (C=O) groups is 3. The van der Waals surface area contributed by atoms with Crippen molar-refractivity contribution in [1.29, 1.82) is 0 Å². The fourth-order valence-corrected chi connectivity index (χ4v) is 2.05. The molecule has 1 aliphatic rings. The Morgan fingerprint density at radius 3 is 2.68 bits per heavy atom. The van der Waals surface area contributed by atoms with Crippen molar-refractivity contribution in [3.8, 4) is 0 Å². The monoisotopic (exact) mass is 323 g/mol. The second-order valence-electron chi connectivity index (χ2n) is 5.30. The fraction of sp³-hybridized carbons (Fsp3) is 0.400. The lowest BCUT2D eigenvalue weighted by Crippen LogP contribution is -2.41. The maximum atomic E-state index is 11.9. The Hall–Kier alpha value is -2.08. The molecule has 22 heavy (non-hydrogen) atoms. The van der Waals surface area contributed by atoms with E-state index in [1.807, 2.05) is 0 Å². The summed E-state index contributed by atoms with van der Waals surface area (Å²) in [6.07, 6.45) is 1.77. The second kappa shape index (κ2) is 7.26. The van der Waals surface area contributed by atoms with Crippen LogP contribution >= 0.6 is 11.6 Å². The topological polar surface area (TPSA) is 78.5 Å². The zero-order chi connectivity index (χ0) is 16.1. The van der Waals surface area contributed by atoms with Crippen LogP contribution in [0.3, 0.4) is 0 Å². The van der Waals surface area contributed by atoms with E-state index in [1.54, 1.807) is 24.3 Å². The summed E-state index contributed by atoms with van der Waals surface area (Å²) in [5, 5.41) is 5.75. The summed E-state index contributed by atoms with van der Waals surface area (Å²) in [4.78, 5) is 36.4. The Morgan fingerprint density at radius 2 is 2.05 bits per heavy atom. The molecule has 0 aliphatic heterocycles. The molecular formula is C15H18ClN3O3. The molecule has 6 nitrogen and oxygen atoms in total. The van der Waals surface area contributed by atoms with Crippen LogP contribution in [0.1, 0.15) is 12.8 Å². The molecule has 0 heterocycles. The van der Waals surface area contributed by atoms with E-state index in [0.717, 1.165) is 12.8 Å². The Kier molecular flexibility index (Phi) is 5.38. The van der Waals surface area contributed by atoms with Crippen molar-refractivity contribution in [3.63, 3.8) is 0 Å². The van der Waals surface area contributed by atoms with E-state index in [4.69, 9.17) is 11.6 Å². The van der Waals surface area contributed by atoms with Crippen molar-refractivity contribution in [2.24, 2.45) is 5.92 Å². The maximum Gasteiger partial charge on any atom is 0.243 e. The molecule has 1 aromatic rings. The van der Waals surface area contributed by atoms with Crippen LogP contribution in [0.2, 0.25) is 5.02 Å². The summed E-state index contributed by atoms with van der Waals surface area (Å²) in [7, 11) is 1.52. The number of carbonyl (C=O) groups excluding carboxylic acids is 3. The lowest BCUT2D eigenvalue weighted by molar-refractivity contribution is -0.134. The molecule has 0 spiro atoms. The Bertz CT molecular complexity index is 587. The lowest BCUT2D eigenvalue weighted by atomic mass is 10.3. The molecule has 1 aromatic carbocycles. The molecule has 2 rings (SSSR count). The van der Waals surface area contributed by atoms with Gasteiger partial charge in [0.2, 0.25) is 17.7 Å². The Balaban J connectivity index is 1.74. The summed E-state index contributed by atoms with van der Waals surface area (Å²) in [6.45, 7) is -0.180. The Morgan fingerprint density at radius 1 is 1.32 bits per heavy atom. The van der Waals surface area contributed by atoms with Crippen LogP contribution in [-0.4, -0.2) is 42.8 Å². The average Bonchev–Trinajstić information content (AvgIpc) is 3.28. The summed E-state index contributed by atoms with van der Waals surface area (Å²) in [6, 6.07) is 6.76. The fourth-order valence-electron chi connectivity index (χ4n) is 1.86. The van der Waals surface area contributed by atoms with Gasteiger partial charge in [-0.05, 0) is 31.0 Å². The minimum absolute atomic E-state index is 0.0595. The predicted octanol–water partition coefficient (Wildman–Crippen LogP) is 1.26. The molecule has 1 fully saturated rings. The molecule has 2 N–H and O–H groups in total. The molecule has 0 atom stereocenters. The van der Waals surface area contributed by atoms with Gasteiger partial charge in [-0.25, -0.2) is 0 Å². The lowest BCUT2D eigenvalue weighted by Gasteiger charge is -2.17. The van der Waals surface area contributed by atoms with Crippen LogP contribution in [0, 0.1) is 5.92 Å². The Labute approximate surface area is 133 Å². The van der Waals surface area contributed by atoms with E-state index >= 15 is 0 Å². The normalized spacial score (nSPS) is 13.4. The minimum Gasteiger partial charge on any atom is -0.347 e. The highest BCUT2D eigenvalue weighted by atomic mass is 35.5. The van der Waals surface area contributed by atoms with Crippen molar-refractivity contribution >= 4 is 35.0 Å². The minimum atomic E-state index is -0.327. The van der Waals surface area contributed by atoms with E-state index in [-0.39, 0.29) is 36.7 Å². The highest BCUT2D eigenvalue weighted by Crippen LogP contribution is 2.28. The first-order valence-electron chi connectivity index (χ1n) is 7.03. The molecule has 1 aliphatic carbocycles. The first-order chi connectivity index (χ1) is 10.5. The number of rotatable bonds is 6. The highest BCUT2D eigenvalue weighted by Gasteiger charge is 2.29. The summed E-state index contributed by atoms with van der Waals surface area (Å²) >= 11 is 5.83. The van der Waals surface area contributed by atoms with Gasteiger partial charge >= 0.3 is 0 Å². The van der Waals surface area contributed by atoms with Gasteiger partial charge in [0, 0.05) is 23.7 Å². The molecular weight excluding hydrogens is 306 g/mol. The van der Waals surface area contributed by atoms with E-state index in [0.29, 0.717) is 10.7 Å². The number of hydrogen-bond donors (Lipinski definition) is 2. The van der Waals surface area contributed by atoms with Gasteiger partial charge in [-0.3, -0.25) is 14.4 Å². The van der Waals surface area contributed by atoms with Crippen LogP contribution < -0.4 is 10.6 Å². The van der Waals surface area contributed by atoms with Gasteiger partial charge < -0.3 is 15.5 Å². The smallest absolute Gasteiger partial charge is 0.243 e. The number of anilines is 1. The maximum absolute atomic E-state index is 11.9. The van der Waals surface area contributed by atoms with Crippen LogP contribution in [0.4, 0.5) is 5.69 Å². The van der Waals surface area contributed by atoms with E-state index in [2.05, 4.69) is 10.6 Å². The first-order valence-corrected chi connectivity index (χ1v) is 7.40. The number of nitrogens with one attached hydrogen (secondary N) is 2. The number of halogens is 1. The van der Waals surface area contributed by atoms with Gasteiger partial charge in [-0.1, -0.05) is 17.7 Å². The highest BCUT2D eigenvalue weighted by molar-refractivity contribution is 6.30. The third-order valence-electron chi connectivity index (χ3n) is 3.28. The number of nitrogens with zero attached hydrogens (tertiary/aromatic N) is 1. The zero-order valence-electron chi connectivity index (χ0n) is 12.3. The molecule has 0 unspecified atom stereocenters.